The van der Waals surface area contributed by atoms with Crippen LogP contribution in [0.4, 0.5) is 0 Å². The number of rotatable bonds is 5. The van der Waals surface area contributed by atoms with E-state index in [1.807, 2.05) is 0 Å². The van der Waals surface area contributed by atoms with E-state index in [-0.39, 0.29) is 11.4 Å². The van der Waals surface area contributed by atoms with Crippen molar-refractivity contribution < 1.29 is 13.2 Å². The second-order valence-electron chi connectivity index (χ2n) is 5.23. The molecule has 0 aliphatic carbocycles. The topological polar surface area (TPSA) is 72.6 Å². The lowest BCUT2D eigenvalue weighted by molar-refractivity contribution is 0.392. The van der Waals surface area contributed by atoms with Gasteiger partial charge in [-0.05, 0) is 24.5 Å². The minimum absolute atomic E-state index is 0.106. The Morgan fingerprint density at radius 2 is 2.19 bits per heavy atom. The smallest absolute Gasteiger partial charge is 0.246 e. The van der Waals surface area contributed by atoms with E-state index >= 15 is 0 Å². The van der Waals surface area contributed by atoms with Crippen LogP contribution in [0.15, 0.2) is 17.0 Å². The molecule has 0 saturated carbocycles. The number of methoxy groups -OCH3 is 1. The van der Waals surface area contributed by atoms with Gasteiger partial charge < -0.3 is 10.5 Å². The van der Waals surface area contributed by atoms with E-state index in [1.165, 1.54) is 17.5 Å². The number of halogens is 1. The average molecular weight is 333 g/mol. The normalized spacial score (nSPS) is 19.9. The van der Waals surface area contributed by atoms with Crippen LogP contribution in [0.1, 0.15) is 25.3 Å². The predicted molar refractivity (Wildman–Crippen MR) is 83.1 cm³/mol. The molecule has 2 N–H and O–H groups in total. The Labute approximate surface area is 131 Å². The maximum Gasteiger partial charge on any atom is 0.246 e. The van der Waals surface area contributed by atoms with Gasteiger partial charge in [-0.3, -0.25) is 0 Å². The number of nitrogens with two attached hydrogens (primary N) is 1. The van der Waals surface area contributed by atoms with E-state index in [2.05, 4.69) is 6.92 Å². The number of sulfonamides is 1. The van der Waals surface area contributed by atoms with E-state index in [9.17, 15) is 8.42 Å². The molecular formula is C14H21ClN2O3S. The minimum atomic E-state index is -3.61. The van der Waals surface area contributed by atoms with Crippen LogP contribution in [0, 0.1) is 5.92 Å². The van der Waals surface area contributed by atoms with Crippen LogP contribution in [0.5, 0.6) is 5.75 Å². The van der Waals surface area contributed by atoms with Crippen molar-refractivity contribution in [1.82, 2.24) is 4.31 Å². The highest BCUT2D eigenvalue weighted by Gasteiger charge is 2.34. The van der Waals surface area contributed by atoms with Crippen molar-refractivity contribution in [2.75, 3.05) is 20.2 Å². The third-order valence-corrected chi connectivity index (χ3v) is 6.05. The molecule has 1 unspecified atom stereocenters. The summed E-state index contributed by atoms with van der Waals surface area (Å²) in [4.78, 5) is 0.106. The molecule has 5 nitrogen and oxygen atoms in total. The van der Waals surface area contributed by atoms with Crippen LogP contribution >= 0.6 is 11.6 Å². The van der Waals surface area contributed by atoms with Crippen LogP contribution < -0.4 is 10.5 Å². The van der Waals surface area contributed by atoms with Crippen LogP contribution in [0.2, 0.25) is 5.02 Å². The summed E-state index contributed by atoms with van der Waals surface area (Å²) >= 11 is 6.03. The van der Waals surface area contributed by atoms with Crippen molar-refractivity contribution in [3.8, 4) is 5.75 Å². The van der Waals surface area contributed by atoms with E-state index in [0.29, 0.717) is 35.3 Å². The number of ether oxygens (including phenoxy) is 1. The zero-order valence-corrected chi connectivity index (χ0v) is 13.9. The maximum absolute atomic E-state index is 12.8. The second-order valence-corrected chi connectivity index (χ2v) is 7.57. The van der Waals surface area contributed by atoms with Gasteiger partial charge in [0.05, 0.1) is 7.11 Å². The molecule has 1 aromatic carbocycles. The lowest BCUT2D eigenvalue weighted by atomic mass is 10.1. The van der Waals surface area contributed by atoms with Gasteiger partial charge in [0.2, 0.25) is 10.0 Å². The number of benzene rings is 1. The summed E-state index contributed by atoms with van der Waals surface area (Å²) < 4.78 is 32.5. The van der Waals surface area contributed by atoms with Gasteiger partial charge in [-0.15, -0.1) is 0 Å². The first kappa shape index (κ1) is 16.5. The zero-order chi connectivity index (χ0) is 15.6. The molecule has 2 rings (SSSR count). The number of hydrogen-bond acceptors (Lipinski definition) is 4. The van der Waals surface area contributed by atoms with Crippen molar-refractivity contribution in [3.63, 3.8) is 0 Å². The third kappa shape index (κ3) is 3.18. The first-order valence-electron chi connectivity index (χ1n) is 7.00. The fourth-order valence-electron chi connectivity index (χ4n) is 2.69. The van der Waals surface area contributed by atoms with Gasteiger partial charge in [-0.25, -0.2) is 8.42 Å². The first-order valence-corrected chi connectivity index (χ1v) is 8.82. The number of hydrogen-bond donors (Lipinski definition) is 1. The summed E-state index contributed by atoms with van der Waals surface area (Å²) in [7, 11) is -2.17. The fraction of sp³-hybridized carbons (Fsp3) is 0.571. The van der Waals surface area contributed by atoms with E-state index in [1.54, 1.807) is 6.07 Å². The standard InChI is InChI=1S/C14H21ClN2O3S/c1-3-10-4-5-17(9-10)21(18,19)13-7-12(15)6-11(8-16)14(13)20-2/h6-7,10H,3-5,8-9,16H2,1-2H3. The summed E-state index contributed by atoms with van der Waals surface area (Å²) in [6.07, 6.45) is 1.87. The van der Waals surface area contributed by atoms with E-state index in [0.717, 1.165) is 12.8 Å². The highest BCUT2D eigenvalue weighted by atomic mass is 35.5. The van der Waals surface area contributed by atoms with Gasteiger partial charge in [0.15, 0.2) is 0 Å². The molecule has 1 aromatic rings. The third-order valence-electron chi connectivity index (χ3n) is 3.96. The Morgan fingerprint density at radius 1 is 1.48 bits per heavy atom. The molecule has 1 saturated heterocycles. The van der Waals surface area contributed by atoms with Gasteiger partial charge in [-0.2, -0.15) is 4.31 Å². The SMILES string of the molecule is CCC1CCN(S(=O)(=O)c2cc(Cl)cc(CN)c2OC)C1. The second kappa shape index (κ2) is 6.52. The Morgan fingerprint density at radius 3 is 2.71 bits per heavy atom. The van der Waals surface area contributed by atoms with Crippen LogP contribution in [0.25, 0.3) is 0 Å². The van der Waals surface area contributed by atoms with Gasteiger partial charge in [0.1, 0.15) is 10.6 Å². The molecule has 1 aliphatic heterocycles. The van der Waals surface area contributed by atoms with Crippen molar-refractivity contribution in [2.24, 2.45) is 11.7 Å². The summed E-state index contributed by atoms with van der Waals surface area (Å²) in [5.41, 5.74) is 6.25. The van der Waals surface area contributed by atoms with Crippen LogP contribution in [-0.2, 0) is 16.6 Å². The van der Waals surface area contributed by atoms with Crippen LogP contribution in [0.3, 0.4) is 0 Å². The Bertz CT molecular complexity index is 619. The van der Waals surface area contributed by atoms with Crippen molar-refractivity contribution in [1.29, 1.82) is 0 Å². The molecule has 0 amide bonds. The molecule has 0 radical (unpaired) electrons. The molecule has 118 valence electrons. The molecule has 1 aliphatic rings. The maximum atomic E-state index is 12.8. The zero-order valence-electron chi connectivity index (χ0n) is 12.3. The van der Waals surface area contributed by atoms with Crippen LogP contribution in [-0.4, -0.2) is 32.9 Å². The quantitative estimate of drug-likeness (QED) is 0.897. The molecule has 7 heteroatoms. The lowest BCUT2D eigenvalue weighted by Crippen LogP contribution is -2.29. The largest absolute Gasteiger partial charge is 0.495 e. The van der Waals surface area contributed by atoms with Gasteiger partial charge in [-0.1, -0.05) is 24.9 Å². The molecule has 1 atom stereocenters. The molecule has 21 heavy (non-hydrogen) atoms. The molecule has 1 heterocycles. The fourth-order valence-corrected chi connectivity index (χ4v) is 4.75. The van der Waals surface area contributed by atoms with Gasteiger partial charge >= 0.3 is 0 Å². The van der Waals surface area contributed by atoms with Crippen molar-refractivity contribution in [2.45, 2.75) is 31.2 Å². The molecule has 0 spiro atoms. The first-order chi connectivity index (χ1) is 9.93. The Hall–Kier alpha value is -0.820. The molecule has 0 aromatic heterocycles. The average Bonchev–Trinajstić information content (AvgIpc) is 2.95. The van der Waals surface area contributed by atoms with Crippen molar-refractivity contribution >= 4 is 21.6 Å². The Balaban J connectivity index is 2.47. The minimum Gasteiger partial charge on any atom is -0.495 e. The summed E-state index contributed by atoms with van der Waals surface area (Å²) in [6, 6.07) is 3.08. The molecular weight excluding hydrogens is 312 g/mol. The molecule has 1 fully saturated rings. The highest BCUT2D eigenvalue weighted by Crippen LogP contribution is 2.35. The number of nitrogens with zero attached hydrogens (tertiary/aromatic N) is 1. The van der Waals surface area contributed by atoms with Crippen molar-refractivity contribution in [3.05, 3.63) is 22.7 Å². The van der Waals surface area contributed by atoms with E-state index in [4.69, 9.17) is 22.1 Å². The predicted octanol–water partition coefficient (Wildman–Crippen LogP) is 2.23. The lowest BCUT2D eigenvalue weighted by Gasteiger charge is -2.20. The monoisotopic (exact) mass is 332 g/mol. The Kier molecular flexibility index (Phi) is 5.14. The summed E-state index contributed by atoms with van der Waals surface area (Å²) in [5, 5.41) is 0.348. The van der Waals surface area contributed by atoms with Gasteiger partial charge in [0, 0.05) is 30.2 Å². The van der Waals surface area contributed by atoms with E-state index < -0.39 is 10.0 Å². The summed E-state index contributed by atoms with van der Waals surface area (Å²) in [6.45, 7) is 3.33. The highest BCUT2D eigenvalue weighted by molar-refractivity contribution is 7.89. The molecule has 0 bridgehead atoms. The van der Waals surface area contributed by atoms with Gasteiger partial charge in [0.25, 0.3) is 0 Å². The summed E-state index contributed by atoms with van der Waals surface area (Å²) in [5.74, 6) is 0.709.